The zero-order chi connectivity index (χ0) is 14.9. The van der Waals surface area contributed by atoms with Crippen LogP contribution in [0.2, 0.25) is 0 Å². The lowest BCUT2D eigenvalue weighted by Gasteiger charge is -2.27. The van der Waals surface area contributed by atoms with E-state index in [1.807, 2.05) is 12.3 Å². The summed E-state index contributed by atoms with van der Waals surface area (Å²) in [4.78, 5) is 6.99. The van der Waals surface area contributed by atoms with Gasteiger partial charge < -0.3 is 9.64 Å². The standard InChI is InChI=1S/C18H18N2OS/c1-21-14-5-2-4-13(12-14)16-6-3-10-20(16)17-7-9-19-15-8-11-22-18(15)17/h2,4-5,7-9,11-12,16H,3,6,10H2,1H3. The van der Waals surface area contributed by atoms with E-state index >= 15 is 0 Å². The summed E-state index contributed by atoms with van der Waals surface area (Å²) in [6, 6.07) is 13.1. The van der Waals surface area contributed by atoms with Gasteiger partial charge in [0.1, 0.15) is 5.75 Å². The van der Waals surface area contributed by atoms with Gasteiger partial charge >= 0.3 is 0 Å². The van der Waals surface area contributed by atoms with E-state index in [-0.39, 0.29) is 0 Å². The number of aromatic nitrogens is 1. The summed E-state index contributed by atoms with van der Waals surface area (Å²) in [7, 11) is 1.73. The first-order valence-corrected chi connectivity index (χ1v) is 8.47. The Morgan fingerprint density at radius 1 is 1.27 bits per heavy atom. The number of fused-ring (bicyclic) bond motifs is 1. The van der Waals surface area contributed by atoms with Gasteiger partial charge in [0.2, 0.25) is 0 Å². The van der Waals surface area contributed by atoms with Crippen LogP contribution in [0.3, 0.4) is 0 Å². The number of pyridine rings is 1. The molecule has 1 aliphatic heterocycles. The molecule has 3 nitrogen and oxygen atoms in total. The van der Waals surface area contributed by atoms with Gasteiger partial charge in [-0.05, 0) is 48.1 Å². The molecule has 3 aromatic rings. The van der Waals surface area contributed by atoms with Gasteiger partial charge in [-0.1, -0.05) is 12.1 Å². The van der Waals surface area contributed by atoms with Crippen molar-refractivity contribution in [2.45, 2.75) is 18.9 Å². The summed E-state index contributed by atoms with van der Waals surface area (Å²) >= 11 is 1.78. The van der Waals surface area contributed by atoms with Crippen LogP contribution in [0.15, 0.2) is 48.0 Å². The molecule has 0 N–H and O–H groups in total. The van der Waals surface area contributed by atoms with Gasteiger partial charge in [-0.25, -0.2) is 0 Å². The molecule has 1 aromatic carbocycles. The highest BCUT2D eigenvalue weighted by atomic mass is 32.1. The Kier molecular flexibility index (Phi) is 3.47. The number of benzene rings is 1. The molecule has 1 atom stereocenters. The third-order valence-corrected chi connectivity index (χ3v) is 5.29. The topological polar surface area (TPSA) is 25.4 Å². The number of methoxy groups -OCH3 is 1. The van der Waals surface area contributed by atoms with Crippen LogP contribution in [0.4, 0.5) is 5.69 Å². The van der Waals surface area contributed by atoms with Gasteiger partial charge in [-0.3, -0.25) is 4.98 Å². The minimum atomic E-state index is 0.419. The van der Waals surface area contributed by atoms with Crippen molar-refractivity contribution in [3.05, 3.63) is 53.5 Å². The highest BCUT2D eigenvalue weighted by molar-refractivity contribution is 7.17. The summed E-state index contributed by atoms with van der Waals surface area (Å²) in [6.07, 6.45) is 4.32. The average molecular weight is 310 g/mol. The first-order chi connectivity index (χ1) is 10.9. The van der Waals surface area contributed by atoms with Crippen molar-refractivity contribution >= 4 is 27.2 Å². The van der Waals surface area contributed by atoms with E-state index in [4.69, 9.17) is 4.74 Å². The molecule has 0 aliphatic carbocycles. The van der Waals surface area contributed by atoms with Gasteiger partial charge in [0.25, 0.3) is 0 Å². The lowest BCUT2D eigenvalue weighted by atomic mass is 10.0. The predicted octanol–water partition coefficient (Wildman–Crippen LogP) is 4.65. The summed E-state index contributed by atoms with van der Waals surface area (Å²) in [5, 5.41) is 2.12. The molecule has 1 saturated heterocycles. The molecule has 0 spiro atoms. The second-order valence-corrected chi connectivity index (χ2v) is 6.51. The summed E-state index contributed by atoms with van der Waals surface area (Å²) in [5.74, 6) is 0.931. The Morgan fingerprint density at radius 2 is 2.23 bits per heavy atom. The van der Waals surface area contributed by atoms with Crippen LogP contribution in [-0.2, 0) is 0 Å². The number of thiophene rings is 1. The molecule has 0 bridgehead atoms. The van der Waals surface area contributed by atoms with Gasteiger partial charge in [0, 0.05) is 12.7 Å². The molecule has 22 heavy (non-hydrogen) atoms. The fourth-order valence-electron chi connectivity index (χ4n) is 3.34. The lowest BCUT2D eigenvalue weighted by Crippen LogP contribution is -2.22. The number of rotatable bonds is 3. The summed E-state index contributed by atoms with van der Waals surface area (Å²) < 4.78 is 6.68. The average Bonchev–Trinajstić information content (AvgIpc) is 3.23. The Balaban J connectivity index is 1.76. The number of anilines is 1. The molecule has 4 heteroatoms. The van der Waals surface area contributed by atoms with Gasteiger partial charge in [0.15, 0.2) is 0 Å². The van der Waals surface area contributed by atoms with Crippen molar-refractivity contribution in [2.24, 2.45) is 0 Å². The van der Waals surface area contributed by atoms with Crippen molar-refractivity contribution in [1.82, 2.24) is 4.98 Å². The molecular weight excluding hydrogens is 292 g/mol. The van der Waals surface area contributed by atoms with Gasteiger partial charge in [-0.15, -0.1) is 11.3 Å². The van der Waals surface area contributed by atoms with E-state index in [1.165, 1.54) is 28.8 Å². The lowest BCUT2D eigenvalue weighted by molar-refractivity contribution is 0.414. The minimum Gasteiger partial charge on any atom is -0.497 e. The van der Waals surface area contributed by atoms with E-state index in [1.54, 1.807) is 18.4 Å². The molecule has 0 amide bonds. The second kappa shape index (κ2) is 5.61. The molecule has 112 valence electrons. The van der Waals surface area contributed by atoms with E-state index < -0.39 is 0 Å². The molecule has 1 fully saturated rings. The Bertz CT molecular complexity index is 798. The van der Waals surface area contributed by atoms with Crippen LogP contribution in [0.1, 0.15) is 24.4 Å². The molecular formula is C18H18N2OS. The third kappa shape index (κ3) is 2.24. The number of hydrogen-bond donors (Lipinski definition) is 0. The first kappa shape index (κ1) is 13.6. The number of nitrogens with zero attached hydrogens (tertiary/aromatic N) is 2. The van der Waals surface area contributed by atoms with Gasteiger partial charge in [-0.2, -0.15) is 0 Å². The zero-order valence-corrected chi connectivity index (χ0v) is 13.3. The van der Waals surface area contributed by atoms with Crippen LogP contribution in [0.5, 0.6) is 5.75 Å². The van der Waals surface area contributed by atoms with Crippen LogP contribution >= 0.6 is 11.3 Å². The maximum atomic E-state index is 5.39. The van der Waals surface area contributed by atoms with Crippen molar-refractivity contribution in [3.8, 4) is 5.75 Å². The highest BCUT2D eigenvalue weighted by Gasteiger charge is 2.28. The van der Waals surface area contributed by atoms with Crippen molar-refractivity contribution in [3.63, 3.8) is 0 Å². The molecule has 3 heterocycles. The quantitative estimate of drug-likeness (QED) is 0.704. The van der Waals surface area contributed by atoms with Crippen molar-refractivity contribution < 1.29 is 4.74 Å². The van der Waals surface area contributed by atoms with Crippen LogP contribution in [-0.4, -0.2) is 18.6 Å². The monoisotopic (exact) mass is 310 g/mol. The van der Waals surface area contributed by atoms with E-state index in [2.05, 4.69) is 45.6 Å². The molecule has 1 aliphatic rings. The van der Waals surface area contributed by atoms with Crippen molar-refractivity contribution in [1.29, 1.82) is 0 Å². The van der Waals surface area contributed by atoms with E-state index in [0.29, 0.717) is 6.04 Å². The highest BCUT2D eigenvalue weighted by Crippen LogP contribution is 2.40. The molecule has 2 aromatic heterocycles. The third-order valence-electron chi connectivity index (χ3n) is 4.36. The van der Waals surface area contributed by atoms with Crippen LogP contribution in [0, 0.1) is 0 Å². The number of ether oxygens (including phenoxy) is 1. The normalized spacial score (nSPS) is 18.0. The smallest absolute Gasteiger partial charge is 0.119 e. The summed E-state index contributed by atoms with van der Waals surface area (Å²) in [6.45, 7) is 1.10. The fourth-order valence-corrected chi connectivity index (χ4v) is 4.22. The number of hydrogen-bond acceptors (Lipinski definition) is 4. The Labute approximate surface area is 134 Å². The Hall–Kier alpha value is -2.07. The van der Waals surface area contributed by atoms with Crippen LogP contribution < -0.4 is 9.64 Å². The zero-order valence-electron chi connectivity index (χ0n) is 12.5. The second-order valence-electron chi connectivity index (χ2n) is 5.59. The maximum absolute atomic E-state index is 5.39. The molecule has 0 radical (unpaired) electrons. The van der Waals surface area contributed by atoms with E-state index in [0.717, 1.165) is 17.8 Å². The van der Waals surface area contributed by atoms with Gasteiger partial charge in [0.05, 0.1) is 29.1 Å². The maximum Gasteiger partial charge on any atom is 0.119 e. The largest absolute Gasteiger partial charge is 0.497 e. The molecule has 1 unspecified atom stereocenters. The fraction of sp³-hybridized carbons (Fsp3) is 0.278. The molecule has 0 saturated carbocycles. The predicted molar refractivity (Wildman–Crippen MR) is 91.9 cm³/mol. The first-order valence-electron chi connectivity index (χ1n) is 7.59. The van der Waals surface area contributed by atoms with Crippen molar-refractivity contribution in [2.75, 3.05) is 18.6 Å². The van der Waals surface area contributed by atoms with Crippen LogP contribution in [0.25, 0.3) is 10.2 Å². The van der Waals surface area contributed by atoms with E-state index in [9.17, 15) is 0 Å². The molecule has 4 rings (SSSR count). The minimum absolute atomic E-state index is 0.419. The summed E-state index contributed by atoms with van der Waals surface area (Å²) in [5.41, 5.74) is 3.74. The SMILES string of the molecule is COc1cccc(C2CCCN2c2ccnc3ccsc23)c1. The Morgan fingerprint density at radius 3 is 3.14 bits per heavy atom.